The second-order valence-corrected chi connectivity index (χ2v) is 5.27. The number of methoxy groups -OCH3 is 1. The maximum atomic E-state index is 10.0. The molecule has 1 heterocycles. The first-order valence-corrected chi connectivity index (χ1v) is 7.13. The predicted molar refractivity (Wildman–Crippen MR) is 75.9 cm³/mol. The number of hydrogen-bond donors (Lipinski definition) is 1. The zero-order valence-corrected chi connectivity index (χ0v) is 12.0. The number of fused-ring (bicyclic) bond motifs is 1. The molecule has 1 N–H and O–H groups in total. The average Bonchev–Trinajstić information content (AvgIpc) is 2.94. The molecule has 112 valence electrons. The summed E-state index contributed by atoms with van der Waals surface area (Å²) in [5, 5.41) is 14.0. The van der Waals surface area contributed by atoms with Crippen molar-refractivity contribution in [3.05, 3.63) is 46.8 Å². The van der Waals surface area contributed by atoms with E-state index in [-0.39, 0.29) is 6.10 Å². The van der Waals surface area contributed by atoms with Gasteiger partial charge in [-0.15, -0.1) is 0 Å². The van der Waals surface area contributed by atoms with E-state index in [1.54, 1.807) is 7.11 Å². The van der Waals surface area contributed by atoms with Crippen molar-refractivity contribution in [3.63, 3.8) is 0 Å². The minimum absolute atomic E-state index is 0.335. The van der Waals surface area contributed by atoms with Crippen molar-refractivity contribution in [2.24, 2.45) is 0 Å². The number of rotatable bonds is 5. The van der Waals surface area contributed by atoms with E-state index in [0.29, 0.717) is 19.0 Å². The number of aryl methyl sites for hydroxylation is 1. The fourth-order valence-corrected chi connectivity index (χ4v) is 2.63. The Hall–Kier alpha value is -1.85. The van der Waals surface area contributed by atoms with Gasteiger partial charge in [0.05, 0.1) is 6.10 Å². The highest BCUT2D eigenvalue weighted by Crippen LogP contribution is 2.32. The maximum absolute atomic E-state index is 10.0. The van der Waals surface area contributed by atoms with Gasteiger partial charge in [-0.25, -0.2) is 0 Å². The molecule has 0 fully saturated rings. The summed E-state index contributed by atoms with van der Waals surface area (Å²) in [6.45, 7) is 0.736. The molecule has 0 spiro atoms. The number of aliphatic hydroxyl groups excluding tert-OH is 1. The van der Waals surface area contributed by atoms with E-state index in [9.17, 15) is 5.11 Å². The smallest absolute Gasteiger partial charge is 0.162 e. The zero-order chi connectivity index (χ0) is 14.7. The predicted octanol–water partition coefficient (Wildman–Crippen LogP) is 2.77. The summed E-state index contributed by atoms with van der Waals surface area (Å²) in [5.74, 6) is 1.42. The van der Waals surface area contributed by atoms with Crippen molar-refractivity contribution < 1.29 is 19.1 Å². The largest absolute Gasteiger partial charge is 0.487 e. The van der Waals surface area contributed by atoms with Gasteiger partial charge in [-0.1, -0.05) is 11.2 Å². The molecule has 3 rings (SSSR count). The SMILES string of the molecule is COCc1cc(COc2ccc3c(c2)[C@@H](O)CCC3)no1. The normalized spacial score (nSPS) is 17.5. The molecule has 0 saturated carbocycles. The fourth-order valence-electron chi connectivity index (χ4n) is 2.63. The highest BCUT2D eigenvalue weighted by atomic mass is 16.5. The minimum atomic E-state index is -0.377. The summed E-state index contributed by atoms with van der Waals surface area (Å²) in [6, 6.07) is 7.71. The molecule has 0 bridgehead atoms. The molecule has 0 amide bonds. The number of hydrogen-bond acceptors (Lipinski definition) is 5. The topological polar surface area (TPSA) is 64.7 Å². The number of nitrogens with zero attached hydrogens (tertiary/aromatic N) is 1. The molecule has 1 atom stereocenters. The maximum Gasteiger partial charge on any atom is 0.162 e. The van der Waals surface area contributed by atoms with E-state index in [4.69, 9.17) is 14.0 Å². The van der Waals surface area contributed by atoms with Crippen molar-refractivity contribution in [1.82, 2.24) is 5.16 Å². The van der Waals surface area contributed by atoms with Gasteiger partial charge in [0.15, 0.2) is 5.76 Å². The van der Waals surface area contributed by atoms with Gasteiger partial charge in [0.2, 0.25) is 0 Å². The van der Waals surface area contributed by atoms with Crippen LogP contribution in [0.5, 0.6) is 5.75 Å². The molecule has 0 saturated heterocycles. The van der Waals surface area contributed by atoms with Crippen LogP contribution in [0, 0.1) is 0 Å². The van der Waals surface area contributed by atoms with Crippen LogP contribution in [-0.4, -0.2) is 17.4 Å². The lowest BCUT2D eigenvalue weighted by Crippen LogP contribution is -2.09. The third kappa shape index (κ3) is 3.25. The van der Waals surface area contributed by atoms with Crippen molar-refractivity contribution in [2.75, 3.05) is 7.11 Å². The van der Waals surface area contributed by atoms with Gasteiger partial charge >= 0.3 is 0 Å². The van der Waals surface area contributed by atoms with Crippen molar-refractivity contribution in [1.29, 1.82) is 0 Å². The molecule has 1 aliphatic carbocycles. The van der Waals surface area contributed by atoms with Crippen LogP contribution in [0.4, 0.5) is 0 Å². The summed E-state index contributed by atoms with van der Waals surface area (Å²) in [6.07, 6.45) is 2.50. The van der Waals surface area contributed by atoms with Crippen LogP contribution in [0.1, 0.15) is 41.5 Å². The van der Waals surface area contributed by atoms with Gasteiger partial charge in [0, 0.05) is 13.2 Å². The van der Waals surface area contributed by atoms with Crippen LogP contribution in [0.15, 0.2) is 28.8 Å². The van der Waals surface area contributed by atoms with E-state index in [1.807, 2.05) is 24.3 Å². The molecule has 1 aromatic carbocycles. The molecule has 0 radical (unpaired) electrons. The number of aromatic nitrogens is 1. The highest BCUT2D eigenvalue weighted by Gasteiger charge is 2.18. The van der Waals surface area contributed by atoms with Crippen LogP contribution in [-0.2, 0) is 24.4 Å². The molecule has 21 heavy (non-hydrogen) atoms. The van der Waals surface area contributed by atoms with Gasteiger partial charge < -0.3 is 19.1 Å². The second-order valence-electron chi connectivity index (χ2n) is 5.27. The zero-order valence-electron chi connectivity index (χ0n) is 12.0. The Morgan fingerprint density at radius 1 is 1.33 bits per heavy atom. The van der Waals surface area contributed by atoms with Crippen molar-refractivity contribution >= 4 is 0 Å². The Morgan fingerprint density at radius 3 is 3.10 bits per heavy atom. The minimum Gasteiger partial charge on any atom is -0.487 e. The molecule has 5 nitrogen and oxygen atoms in total. The Labute approximate surface area is 123 Å². The van der Waals surface area contributed by atoms with Gasteiger partial charge in [-0.2, -0.15) is 0 Å². The molecular formula is C16H19NO4. The molecule has 0 aliphatic heterocycles. The van der Waals surface area contributed by atoms with Gasteiger partial charge in [-0.05, 0) is 42.5 Å². The first-order valence-electron chi connectivity index (χ1n) is 7.13. The van der Waals surface area contributed by atoms with Crippen molar-refractivity contribution in [2.45, 2.75) is 38.6 Å². The van der Waals surface area contributed by atoms with Gasteiger partial charge in [0.1, 0.15) is 24.7 Å². The van der Waals surface area contributed by atoms with Crippen LogP contribution < -0.4 is 4.74 Å². The fraction of sp³-hybridized carbons (Fsp3) is 0.438. The molecule has 1 aliphatic rings. The van der Waals surface area contributed by atoms with Crippen LogP contribution >= 0.6 is 0 Å². The van der Waals surface area contributed by atoms with Crippen LogP contribution in [0.25, 0.3) is 0 Å². The Balaban J connectivity index is 1.66. The third-order valence-corrected chi connectivity index (χ3v) is 3.68. The van der Waals surface area contributed by atoms with E-state index in [2.05, 4.69) is 5.16 Å². The summed E-state index contributed by atoms with van der Waals surface area (Å²) in [4.78, 5) is 0. The molecule has 1 aromatic heterocycles. The number of benzene rings is 1. The van der Waals surface area contributed by atoms with E-state index >= 15 is 0 Å². The third-order valence-electron chi connectivity index (χ3n) is 3.68. The molecular weight excluding hydrogens is 270 g/mol. The highest BCUT2D eigenvalue weighted by molar-refractivity contribution is 5.38. The lowest BCUT2D eigenvalue weighted by molar-refractivity contribution is 0.155. The standard InChI is InChI=1S/C16H19NO4/c1-19-10-14-7-12(17-21-14)9-20-13-6-5-11-3-2-4-16(18)15(11)8-13/h5-8,16,18H,2-4,9-10H2,1H3/t16-/m0/s1. The van der Waals surface area contributed by atoms with Gasteiger partial charge in [0.25, 0.3) is 0 Å². The van der Waals surface area contributed by atoms with Crippen molar-refractivity contribution in [3.8, 4) is 5.75 Å². The monoisotopic (exact) mass is 289 g/mol. The second kappa shape index (κ2) is 6.28. The Bertz CT molecular complexity index is 608. The van der Waals surface area contributed by atoms with E-state index in [1.165, 1.54) is 5.56 Å². The first kappa shape index (κ1) is 14.1. The Morgan fingerprint density at radius 2 is 2.24 bits per heavy atom. The van der Waals surface area contributed by atoms with Gasteiger partial charge in [-0.3, -0.25) is 0 Å². The quantitative estimate of drug-likeness (QED) is 0.917. The average molecular weight is 289 g/mol. The number of aliphatic hydroxyl groups is 1. The van der Waals surface area contributed by atoms with Crippen LogP contribution in [0.2, 0.25) is 0 Å². The van der Waals surface area contributed by atoms with Crippen LogP contribution in [0.3, 0.4) is 0 Å². The lowest BCUT2D eigenvalue weighted by atomic mass is 9.89. The lowest BCUT2D eigenvalue weighted by Gasteiger charge is -2.21. The molecule has 0 unspecified atom stereocenters. The summed E-state index contributed by atoms with van der Waals surface area (Å²) >= 11 is 0. The summed E-state index contributed by atoms with van der Waals surface area (Å²) in [7, 11) is 1.61. The van der Waals surface area contributed by atoms with E-state index in [0.717, 1.165) is 36.3 Å². The number of ether oxygens (including phenoxy) is 2. The molecule has 2 aromatic rings. The Kier molecular flexibility index (Phi) is 4.22. The summed E-state index contributed by atoms with van der Waals surface area (Å²) < 4.78 is 15.8. The first-order chi connectivity index (χ1) is 10.3. The molecule has 5 heteroatoms. The summed E-state index contributed by atoms with van der Waals surface area (Å²) in [5.41, 5.74) is 2.92. The van der Waals surface area contributed by atoms with E-state index < -0.39 is 0 Å².